The quantitative estimate of drug-likeness (QED) is 0.601. The Morgan fingerprint density at radius 1 is 1.03 bits per heavy atom. The number of benzene rings is 2. The number of aryl methyl sites for hydroxylation is 1. The van der Waals surface area contributed by atoms with Crippen LogP contribution < -0.4 is 15.4 Å². The molecule has 0 aliphatic carbocycles. The molecule has 2 rings (SSSR count). The smallest absolute Gasteiger partial charge is 0.341 e. The molecule has 0 heterocycles. The summed E-state index contributed by atoms with van der Waals surface area (Å²) < 4.78 is 5.07. The number of amides is 2. The molecule has 0 saturated heterocycles. The lowest BCUT2D eigenvalue weighted by Gasteiger charge is -2.21. The summed E-state index contributed by atoms with van der Waals surface area (Å²) in [6, 6.07) is 12.9. The van der Waals surface area contributed by atoms with Gasteiger partial charge < -0.3 is 20.5 Å². The van der Waals surface area contributed by atoms with Crippen molar-refractivity contribution < 1.29 is 24.2 Å². The van der Waals surface area contributed by atoms with E-state index >= 15 is 0 Å². The fourth-order valence-electron chi connectivity index (χ4n) is 2.78. The molecule has 1 atom stereocenters. The van der Waals surface area contributed by atoms with Crippen LogP contribution in [-0.4, -0.2) is 35.5 Å². The van der Waals surface area contributed by atoms with Crippen molar-refractivity contribution >= 4 is 23.5 Å². The van der Waals surface area contributed by atoms with E-state index in [9.17, 15) is 14.4 Å². The Morgan fingerprint density at radius 3 is 2.28 bits per heavy atom. The summed E-state index contributed by atoms with van der Waals surface area (Å²) in [5.41, 5.74) is 1.90. The van der Waals surface area contributed by atoms with Crippen molar-refractivity contribution in [2.75, 3.05) is 11.9 Å². The van der Waals surface area contributed by atoms with Gasteiger partial charge in [-0.15, -0.1) is 0 Å². The van der Waals surface area contributed by atoms with Crippen LogP contribution in [0.2, 0.25) is 0 Å². The monoisotopic (exact) mass is 398 g/mol. The van der Waals surface area contributed by atoms with Crippen LogP contribution in [-0.2, 0) is 9.59 Å². The summed E-state index contributed by atoms with van der Waals surface area (Å²) in [5, 5.41) is 14.3. The highest BCUT2D eigenvalue weighted by Crippen LogP contribution is 2.17. The molecule has 2 aromatic carbocycles. The molecule has 0 aromatic heterocycles. The van der Waals surface area contributed by atoms with Gasteiger partial charge in [0, 0.05) is 11.3 Å². The number of hydrogen-bond donors (Lipinski definition) is 3. The number of carboxylic acid groups (broad SMARTS) is 1. The minimum atomic E-state index is -1.07. The number of nitrogens with one attached hydrogen (secondary N) is 2. The van der Waals surface area contributed by atoms with Crippen molar-refractivity contribution in [2.24, 2.45) is 5.92 Å². The summed E-state index contributed by atoms with van der Waals surface area (Å²) in [6.45, 7) is 5.37. The fourth-order valence-corrected chi connectivity index (χ4v) is 2.78. The molecule has 2 amide bonds. The zero-order chi connectivity index (χ0) is 21.4. The molecule has 0 saturated carbocycles. The molecule has 7 heteroatoms. The maximum absolute atomic E-state index is 12.8. The van der Waals surface area contributed by atoms with Gasteiger partial charge in [-0.25, -0.2) is 4.79 Å². The van der Waals surface area contributed by atoms with Gasteiger partial charge in [-0.05, 0) is 55.2 Å². The number of anilines is 1. The molecule has 0 bridgehead atoms. The van der Waals surface area contributed by atoms with Gasteiger partial charge in [0.05, 0.1) is 0 Å². The summed E-state index contributed by atoms with van der Waals surface area (Å²) >= 11 is 0. The molecule has 2 aromatic rings. The van der Waals surface area contributed by atoms with Crippen molar-refractivity contribution in [3.8, 4) is 5.75 Å². The van der Waals surface area contributed by atoms with Gasteiger partial charge in [-0.3, -0.25) is 9.59 Å². The van der Waals surface area contributed by atoms with Crippen LogP contribution in [0, 0.1) is 12.8 Å². The summed E-state index contributed by atoms with van der Waals surface area (Å²) in [6.07, 6.45) is 0.489. The first-order valence-corrected chi connectivity index (χ1v) is 9.38. The molecule has 29 heavy (non-hydrogen) atoms. The Kier molecular flexibility index (Phi) is 7.77. The Balaban J connectivity index is 2.05. The first-order chi connectivity index (χ1) is 13.8. The summed E-state index contributed by atoms with van der Waals surface area (Å²) in [4.78, 5) is 35.9. The predicted octanol–water partition coefficient (Wildman–Crippen LogP) is 3.24. The van der Waals surface area contributed by atoms with Crippen molar-refractivity contribution in [1.29, 1.82) is 0 Å². The highest BCUT2D eigenvalue weighted by atomic mass is 16.5. The molecule has 0 fully saturated rings. The van der Waals surface area contributed by atoms with E-state index in [1.165, 1.54) is 0 Å². The molecular weight excluding hydrogens is 372 g/mol. The molecular formula is C22H26N2O5. The van der Waals surface area contributed by atoms with Crippen molar-refractivity contribution in [1.82, 2.24) is 5.32 Å². The van der Waals surface area contributed by atoms with Crippen molar-refractivity contribution in [2.45, 2.75) is 33.2 Å². The van der Waals surface area contributed by atoms with Crippen LogP contribution in [0.1, 0.15) is 36.2 Å². The van der Waals surface area contributed by atoms with Crippen molar-refractivity contribution in [3.05, 3.63) is 59.7 Å². The first kappa shape index (κ1) is 21.9. The standard InChI is InChI=1S/C22H26N2O5/c1-14(2)12-19(24-21(27)18-7-5-4-6-15(18)3)22(28)23-16-8-10-17(11-9-16)29-13-20(25)26/h4-11,14,19H,12-13H2,1-3H3,(H,23,28)(H,24,27)(H,25,26). The Bertz CT molecular complexity index is 862. The molecule has 0 aliphatic rings. The topological polar surface area (TPSA) is 105 Å². The minimum absolute atomic E-state index is 0.203. The van der Waals surface area contributed by atoms with E-state index < -0.39 is 18.6 Å². The highest BCUT2D eigenvalue weighted by molar-refractivity contribution is 6.01. The van der Waals surface area contributed by atoms with Crippen LogP contribution >= 0.6 is 0 Å². The van der Waals surface area contributed by atoms with Gasteiger partial charge in [-0.1, -0.05) is 32.0 Å². The van der Waals surface area contributed by atoms with Gasteiger partial charge in [0.15, 0.2) is 6.61 Å². The third kappa shape index (κ3) is 6.95. The average Bonchev–Trinajstić information content (AvgIpc) is 2.66. The van der Waals surface area contributed by atoms with Gasteiger partial charge in [0.25, 0.3) is 5.91 Å². The number of aliphatic carboxylic acids is 1. The first-order valence-electron chi connectivity index (χ1n) is 9.38. The van der Waals surface area contributed by atoms with E-state index in [-0.39, 0.29) is 17.7 Å². The summed E-state index contributed by atoms with van der Waals surface area (Å²) in [5.74, 6) is -1.09. The van der Waals surface area contributed by atoms with E-state index in [1.54, 1.807) is 36.4 Å². The van der Waals surface area contributed by atoms with E-state index in [4.69, 9.17) is 9.84 Å². The van der Waals surface area contributed by atoms with E-state index in [0.29, 0.717) is 23.4 Å². The van der Waals surface area contributed by atoms with Crippen LogP contribution in [0.25, 0.3) is 0 Å². The predicted molar refractivity (Wildman–Crippen MR) is 110 cm³/mol. The Morgan fingerprint density at radius 2 is 1.69 bits per heavy atom. The third-order valence-electron chi connectivity index (χ3n) is 4.20. The molecule has 154 valence electrons. The Hall–Kier alpha value is -3.35. The minimum Gasteiger partial charge on any atom is -0.482 e. The van der Waals surface area contributed by atoms with Gasteiger partial charge in [0.1, 0.15) is 11.8 Å². The number of carboxylic acids is 1. The molecule has 7 nitrogen and oxygen atoms in total. The number of rotatable bonds is 9. The van der Waals surface area contributed by atoms with E-state index in [2.05, 4.69) is 10.6 Å². The van der Waals surface area contributed by atoms with E-state index in [0.717, 1.165) is 5.56 Å². The van der Waals surface area contributed by atoms with Crippen LogP contribution in [0.4, 0.5) is 5.69 Å². The lowest BCUT2D eigenvalue weighted by Crippen LogP contribution is -2.44. The van der Waals surface area contributed by atoms with Gasteiger partial charge in [-0.2, -0.15) is 0 Å². The maximum Gasteiger partial charge on any atom is 0.341 e. The lowest BCUT2D eigenvalue weighted by atomic mass is 10.0. The van der Waals surface area contributed by atoms with Gasteiger partial charge >= 0.3 is 5.97 Å². The largest absolute Gasteiger partial charge is 0.482 e. The molecule has 1 unspecified atom stereocenters. The lowest BCUT2D eigenvalue weighted by molar-refractivity contribution is -0.139. The second-order valence-electron chi connectivity index (χ2n) is 7.17. The second kappa shape index (κ2) is 10.3. The maximum atomic E-state index is 12.8. The molecule has 0 aliphatic heterocycles. The van der Waals surface area contributed by atoms with Gasteiger partial charge in [0.2, 0.25) is 5.91 Å². The summed E-state index contributed by atoms with van der Waals surface area (Å²) in [7, 11) is 0. The van der Waals surface area contributed by atoms with E-state index in [1.807, 2.05) is 32.9 Å². The zero-order valence-electron chi connectivity index (χ0n) is 16.8. The zero-order valence-corrected chi connectivity index (χ0v) is 16.8. The molecule has 0 radical (unpaired) electrons. The number of carbonyl (C=O) groups excluding carboxylic acids is 2. The highest BCUT2D eigenvalue weighted by Gasteiger charge is 2.23. The third-order valence-corrected chi connectivity index (χ3v) is 4.20. The molecule has 3 N–H and O–H groups in total. The number of ether oxygens (including phenoxy) is 1. The fraction of sp³-hybridized carbons (Fsp3) is 0.318. The Labute approximate surface area is 170 Å². The molecule has 0 spiro atoms. The second-order valence-corrected chi connectivity index (χ2v) is 7.17. The average molecular weight is 398 g/mol. The number of hydrogen-bond acceptors (Lipinski definition) is 4. The SMILES string of the molecule is Cc1ccccc1C(=O)NC(CC(C)C)C(=O)Nc1ccc(OCC(=O)O)cc1. The van der Waals surface area contributed by atoms with Crippen LogP contribution in [0.3, 0.4) is 0 Å². The van der Waals surface area contributed by atoms with Crippen molar-refractivity contribution in [3.63, 3.8) is 0 Å². The van der Waals surface area contributed by atoms with Crippen LogP contribution in [0.15, 0.2) is 48.5 Å². The van der Waals surface area contributed by atoms with Crippen LogP contribution in [0.5, 0.6) is 5.75 Å². The number of carbonyl (C=O) groups is 3. The normalized spacial score (nSPS) is 11.6.